The van der Waals surface area contributed by atoms with Gasteiger partial charge in [-0.1, -0.05) is 36.4 Å². The van der Waals surface area contributed by atoms with Gasteiger partial charge in [-0.3, -0.25) is 35.1 Å². The van der Waals surface area contributed by atoms with Crippen molar-refractivity contribution in [3.05, 3.63) is 107 Å². The second-order valence-electron chi connectivity index (χ2n) is 8.88. The molecule has 10 heteroatoms. The van der Waals surface area contributed by atoms with Crippen LogP contribution in [0.15, 0.2) is 79.0 Å². The molecule has 0 fully saturated rings. The summed E-state index contributed by atoms with van der Waals surface area (Å²) >= 11 is 5.45. The number of hydrogen-bond acceptors (Lipinski definition) is 6. The Bertz CT molecular complexity index is 1550. The van der Waals surface area contributed by atoms with Gasteiger partial charge in [0.2, 0.25) is 0 Å². The van der Waals surface area contributed by atoms with Gasteiger partial charge in [0.05, 0.1) is 24.3 Å². The van der Waals surface area contributed by atoms with Crippen LogP contribution in [0.1, 0.15) is 36.8 Å². The van der Waals surface area contributed by atoms with Gasteiger partial charge in [-0.25, -0.2) is 0 Å². The van der Waals surface area contributed by atoms with Gasteiger partial charge in [0, 0.05) is 18.1 Å². The Balaban J connectivity index is 1.30. The molecule has 195 valence electrons. The van der Waals surface area contributed by atoms with Crippen molar-refractivity contribution in [2.75, 3.05) is 13.7 Å². The zero-order valence-corrected chi connectivity index (χ0v) is 21.7. The molecule has 0 saturated heterocycles. The Morgan fingerprint density at radius 2 is 1.82 bits per heavy atom. The first-order valence-corrected chi connectivity index (χ1v) is 12.5. The number of fused-ring (bicyclic) bond motifs is 2. The molecule has 0 bridgehead atoms. The molecule has 4 aromatic rings. The zero-order chi connectivity index (χ0) is 27.4. The maximum absolute atomic E-state index is 13.0. The highest BCUT2D eigenvalue weighted by molar-refractivity contribution is 7.80. The van der Waals surface area contributed by atoms with Crippen molar-refractivity contribution in [2.24, 2.45) is 0 Å². The van der Waals surface area contributed by atoms with Crippen molar-refractivity contribution in [3.8, 4) is 5.75 Å². The summed E-state index contributed by atoms with van der Waals surface area (Å²) < 4.78 is 5.33. The summed E-state index contributed by atoms with van der Waals surface area (Å²) in [4.78, 5) is 44.3. The van der Waals surface area contributed by atoms with E-state index < -0.39 is 11.9 Å². The molecular formula is C29H24N5O4S. The number of ether oxygens (including phenoxy) is 1. The van der Waals surface area contributed by atoms with Crippen molar-refractivity contribution in [1.82, 2.24) is 26.1 Å². The molecule has 1 atom stereocenters. The molecule has 3 N–H and O–H groups in total. The molecule has 39 heavy (non-hydrogen) atoms. The number of carbonyl (C=O) groups excluding carboxylic acids is 3. The maximum atomic E-state index is 13.0. The summed E-state index contributed by atoms with van der Waals surface area (Å²) in [5.74, 6) is -0.514. The van der Waals surface area contributed by atoms with Crippen LogP contribution in [0.5, 0.6) is 5.75 Å². The Morgan fingerprint density at radius 1 is 1.05 bits per heavy atom. The van der Waals surface area contributed by atoms with Gasteiger partial charge in [-0.2, -0.15) is 0 Å². The van der Waals surface area contributed by atoms with Gasteiger partial charge in [-0.15, -0.1) is 0 Å². The lowest BCUT2D eigenvalue weighted by Crippen LogP contribution is -2.53. The number of rotatable bonds is 7. The van der Waals surface area contributed by atoms with E-state index in [2.05, 4.69) is 27.2 Å². The summed E-state index contributed by atoms with van der Waals surface area (Å²) in [6.07, 6.45) is 1.97. The van der Waals surface area contributed by atoms with E-state index >= 15 is 0 Å². The third kappa shape index (κ3) is 5.55. The fourth-order valence-electron chi connectivity index (χ4n) is 4.50. The Labute approximate surface area is 230 Å². The lowest BCUT2D eigenvalue weighted by atomic mass is 10.1. The molecule has 1 unspecified atom stereocenters. The second-order valence-corrected chi connectivity index (χ2v) is 9.29. The van der Waals surface area contributed by atoms with E-state index in [1.807, 2.05) is 24.3 Å². The molecule has 2 heterocycles. The number of thiocarbonyl (C=S) groups is 1. The zero-order valence-electron chi connectivity index (χ0n) is 20.9. The number of amides is 3. The highest BCUT2D eigenvalue weighted by atomic mass is 32.1. The SMILES string of the molecule is COc1cccc(CC(CN2C(=O)c3ccccc3C2=O)NC(=S)NNC(=O)c2nccc3c[c]ccc23)c1. The average Bonchev–Trinajstić information content (AvgIpc) is 3.20. The normalized spacial score (nSPS) is 13.1. The predicted molar refractivity (Wildman–Crippen MR) is 149 cm³/mol. The van der Waals surface area contributed by atoms with Crippen LogP contribution in [0.3, 0.4) is 0 Å². The minimum Gasteiger partial charge on any atom is -0.497 e. The van der Waals surface area contributed by atoms with Crippen LogP contribution in [0.4, 0.5) is 0 Å². The number of nitrogens with one attached hydrogen (secondary N) is 3. The molecule has 1 aliphatic heterocycles. The number of carbonyl (C=O) groups is 3. The highest BCUT2D eigenvalue weighted by Crippen LogP contribution is 2.23. The van der Waals surface area contributed by atoms with Gasteiger partial charge in [-0.05, 0) is 72.1 Å². The van der Waals surface area contributed by atoms with Crippen LogP contribution in [-0.2, 0) is 6.42 Å². The molecule has 3 amide bonds. The highest BCUT2D eigenvalue weighted by Gasteiger charge is 2.36. The largest absolute Gasteiger partial charge is 0.497 e. The van der Waals surface area contributed by atoms with E-state index in [1.165, 1.54) is 4.90 Å². The minimum atomic E-state index is -0.472. The minimum absolute atomic E-state index is 0.0563. The van der Waals surface area contributed by atoms with E-state index in [1.54, 1.807) is 61.8 Å². The lowest BCUT2D eigenvalue weighted by molar-refractivity contribution is 0.0641. The second kappa shape index (κ2) is 11.3. The number of imide groups is 1. The standard InChI is InChI=1S/C29H24N5O4S/c1-38-21-9-6-7-18(16-21)15-20(17-34-27(36)23-11-4-5-12-24(23)28(34)37)31-29(39)33-32-26(35)25-22-10-3-2-8-19(22)13-14-30-25/h3-14,16,20H,15,17H2,1H3,(H,32,35)(H2,31,33,39). The van der Waals surface area contributed by atoms with E-state index in [0.717, 1.165) is 10.9 Å². The van der Waals surface area contributed by atoms with E-state index in [0.29, 0.717) is 28.7 Å². The molecule has 1 radical (unpaired) electrons. The monoisotopic (exact) mass is 538 g/mol. The Hall–Kier alpha value is -4.83. The fraction of sp³-hybridized carbons (Fsp3) is 0.138. The quantitative estimate of drug-likeness (QED) is 0.187. The summed E-state index contributed by atoms with van der Waals surface area (Å²) in [7, 11) is 1.58. The van der Waals surface area contributed by atoms with Crippen LogP contribution in [0.25, 0.3) is 10.8 Å². The van der Waals surface area contributed by atoms with Crippen LogP contribution in [-0.4, -0.2) is 52.4 Å². The fourth-order valence-corrected chi connectivity index (χ4v) is 4.72. The van der Waals surface area contributed by atoms with Crippen LogP contribution in [0, 0.1) is 6.07 Å². The molecule has 0 spiro atoms. The summed E-state index contributed by atoms with van der Waals surface area (Å²) in [6.45, 7) is 0.0563. The lowest BCUT2D eigenvalue weighted by Gasteiger charge is -2.25. The third-order valence-electron chi connectivity index (χ3n) is 6.35. The van der Waals surface area contributed by atoms with Crippen LogP contribution in [0.2, 0.25) is 0 Å². The Morgan fingerprint density at radius 3 is 2.56 bits per heavy atom. The molecule has 9 nitrogen and oxygen atoms in total. The van der Waals surface area contributed by atoms with Gasteiger partial charge >= 0.3 is 0 Å². The third-order valence-corrected chi connectivity index (χ3v) is 6.57. The van der Waals surface area contributed by atoms with Crippen molar-refractivity contribution < 1.29 is 19.1 Å². The number of hydrogen-bond donors (Lipinski definition) is 3. The summed E-state index contributed by atoms with van der Waals surface area (Å²) in [5.41, 5.74) is 7.16. The molecule has 5 rings (SSSR count). The van der Waals surface area contributed by atoms with Crippen molar-refractivity contribution in [2.45, 2.75) is 12.5 Å². The van der Waals surface area contributed by atoms with Gasteiger partial charge in [0.1, 0.15) is 11.4 Å². The molecule has 0 saturated carbocycles. The van der Waals surface area contributed by atoms with Crippen molar-refractivity contribution >= 4 is 45.8 Å². The summed E-state index contributed by atoms with van der Waals surface area (Å²) in [5, 5.41) is 4.76. The van der Waals surface area contributed by atoms with E-state index in [4.69, 9.17) is 17.0 Å². The first-order valence-electron chi connectivity index (χ1n) is 12.1. The maximum Gasteiger partial charge on any atom is 0.288 e. The van der Waals surface area contributed by atoms with Gasteiger partial charge in [0.15, 0.2) is 5.11 Å². The topological polar surface area (TPSA) is 113 Å². The molecule has 0 aliphatic carbocycles. The first kappa shape index (κ1) is 25.8. The van der Waals surface area contributed by atoms with Crippen LogP contribution < -0.4 is 20.9 Å². The Kier molecular flexibility index (Phi) is 7.46. The number of benzene rings is 3. The number of methoxy groups -OCH3 is 1. The van der Waals surface area contributed by atoms with Crippen molar-refractivity contribution in [1.29, 1.82) is 0 Å². The average molecular weight is 539 g/mol. The van der Waals surface area contributed by atoms with Gasteiger partial charge < -0.3 is 10.1 Å². The first-order chi connectivity index (χ1) is 18.9. The summed E-state index contributed by atoms with van der Waals surface area (Å²) in [6, 6.07) is 23.8. The number of pyridine rings is 1. The van der Waals surface area contributed by atoms with Gasteiger partial charge in [0.25, 0.3) is 17.7 Å². The molecule has 1 aromatic heterocycles. The van der Waals surface area contributed by atoms with E-state index in [9.17, 15) is 14.4 Å². The number of hydrazine groups is 1. The number of nitrogens with zero attached hydrogens (tertiary/aromatic N) is 2. The molecule has 1 aliphatic rings. The molecule has 3 aromatic carbocycles. The van der Waals surface area contributed by atoms with Crippen LogP contribution >= 0.6 is 12.2 Å². The number of aromatic nitrogens is 1. The predicted octanol–water partition coefficient (Wildman–Crippen LogP) is 3.06. The smallest absolute Gasteiger partial charge is 0.288 e. The van der Waals surface area contributed by atoms with Crippen molar-refractivity contribution in [3.63, 3.8) is 0 Å². The molecular weight excluding hydrogens is 514 g/mol. The van der Waals surface area contributed by atoms with E-state index in [-0.39, 0.29) is 29.2 Å².